The number of hydrogen-bond acceptors (Lipinski definition) is 2. The van der Waals surface area contributed by atoms with Gasteiger partial charge in [-0.15, -0.1) is 0 Å². The summed E-state index contributed by atoms with van der Waals surface area (Å²) in [7, 11) is 0. The van der Waals surface area contributed by atoms with Crippen LogP contribution in [0.5, 0.6) is 0 Å². The Bertz CT molecular complexity index is 1030. The number of nitrogens with two attached hydrogens (primary N) is 1. The topological polar surface area (TPSA) is 43.3 Å². The van der Waals surface area contributed by atoms with E-state index in [0.717, 1.165) is 16.9 Å². The highest BCUT2D eigenvalue weighted by Crippen LogP contribution is 2.32. The molecule has 0 fully saturated rings. The van der Waals surface area contributed by atoms with Crippen LogP contribution in [-0.4, -0.2) is 15.9 Å². The zero-order valence-corrected chi connectivity index (χ0v) is 14.0. The van der Waals surface area contributed by atoms with Crippen molar-refractivity contribution in [1.29, 1.82) is 0 Å². The third-order valence-electron chi connectivity index (χ3n) is 4.73. The number of pyridine rings is 1. The van der Waals surface area contributed by atoms with Gasteiger partial charge in [0.05, 0.1) is 11.4 Å². The van der Waals surface area contributed by atoms with Gasteiger partial charge in [-0.25, -0.2) is 4.98 Å². The van der Waals surface area contributed by atoms with Crippen molar-refractivity contribution in [2.24, 2.45) is 5.73 Å². The molecular formula is C21H21N3. The van der Waals surface area contributed by atoms with Crippen LogP contribution in [0.1, 0.15) is 24.1 Å². The fourth-order valence-electron chi connectivity index (χ4n) is 3.35. The fourth-order valence-corrected chi connectivity index (χ4v) is 3.35. The first-order valence-corrected chi connectivity index (χ1v) is 8.36. The molecule has 4 aromatic rings. The zero-order chi connectivity index (χ0) is 16.7. The molecule has 0 amide bonds. The zero-order valence-electron chi connectivity index (χ0n) is 14.0. The van der Waals surface area contributed by atoms with E-state index < -0.39 is 0 Å². The minimum Gasteiger partial charge on any atom is -0.330 e. The Labute approximate surface area is 141 Å². The molecule has 120 valence electrons. The third kappa shape index (κ3) is 2.29. The lowest BCUT2D eigenvalue weighted by Gasteiger charge is -2.12. The molecule has 0 spiro atoms. The molecule has 0 radical (unpaired) electrons. The first kappa shape index (κ1) is 14.9. The van der Waals surface area contributed by atoms with Crippen molar-refractivity contribution in [3.63, 3.8) is 0 Å². The molecule has 2 aromatic carbocycles. The summed E-state index contributed by atoms with van der Waals surface area (Å²) in [6.07, 6.45) is 2.08. The Hall–Kier alpha value is -2.65. The molecule has 0 aliphatic rings. The Kier molecular flexibility index (Phi) is 3.58. The van der Waals surface area contributed by atoms with E-state index in [1.54, 1.807) is 0 Å². The van der Waals surface area contributed by atoms with Crippen molar-refractivity contribution < 1.29 is 0 Å². The van der Waals surface area contributed by atoms with E-state index in [0.29, 0.717) is 6.54 Å². The highest BCUT2D eigenvalue weighted by molar-refractivity contribution is 5.87. The molecule has 4 rings (SSSR count). The normalized spacial score (nSPS) is 12.8. The molecule has 3 nitrogen and oxygen atoms in total. The number of rotatable bonds is 3. The van der Waals surface area contributed by atoms with Gasteiger partial charge < -0.3 is 10.1 Å². The molecule has 3 heteroatoms. The molecule has 1 atom stereocenters. The van der Waals surface area contributed by atoms with Gasteiger partial charge in [0.25, 0.3) is 0 Å². The molecule has 0 bridgehead atoms. The molecular weight excluding hydrogens is 294 g/mol. The standard InChI is InChI=1S/C21H21N3/c1-14-6-5-11-24-20(15(2)13-22)19(23-21(14)24)18-10-9-16-7-3-4-8-17(16)12-18/h3-12,15H,13,22H2,1-2H3. The first-order chi connectivity index (χ1) is 11.7. The van der Waals surface area contributed by atoms with E-state index in [4.69, 9.17) is 10.7 Å². The first-order valence-electron chi connectivity index (χ1n) is 8.36. The van der Waals surface area contributed by atoms with Crippen LogP contribution >= 0.6 is 0 Å². The van der Waals surface area contributed by atoms with Crippen LogP contribution in [0.2, 0.25) is 0 Å². The van der Waals surface area contributed by atoms with E-state index >= 15 is 0 Å². The fraction of sp³-hybridized carbons (Fsp3) is 0.190. The highest BCUT2D eigenvalue weighted by Gasteiger charge is 2.19. The summed E-state index contributed by atoms with van der Waals surface area (Å²) in [5.41, 5.74) is 11.5. The summed E-state index contributed by atoms with van der Waals surface area (Å²) in [6.45, 7) is 4.86. The summed E-state index contributed by atoms with van der Waals surface area (Å²) in [6, 6.07) is 19.1. The maximum Gasteiger partial charge on any atom is 0.140 e. The Balaban J connectivity index is 2.02. The SMILES string of the molecule is Cc1cccn2c(C(C)CN)c(-c3ccc4ccccc4c3)nc12. The number of nitrogens with zero attached hydrogens (tertiary/aromatic N) is 2. The van der Waals surface area contributed by atoms with Crippen molar-refractivity contribution in [1.82, 2.24) is 9.38 Å². The predicted octanol–water partition coefficient (Wildman–Crippen LogP) is 4.53. The number of hydrogen-bond donors (Lipinski definition) is 1. The van der Waals surface area contributed by atoms with E-state index in [1.165, 1.54) is 22.0 Å². The number of benzene rings is 2. The van der Waals surface area contributed by atoms with Gasteiger partial charge in [-0.05, 0) is 35.4 Å². The number of aromatic nitrogens is 2. The van der Waals surface area contributed by atoms with Crippen LogP contribution in [0.4, 0.5) is 0 Å². The summed E-state index contributed by atoms with van der Waals surface area (Å²) in [4.78, 5) is 4.97. The van der Waals surface area contributed by atoms with Gasteiger partial charge in [0.1, 0.15) is 5.65 Å². The molecule has 0 aliphatic heterocycles. The number of aryl methyl sites for hydroxylation is 1. The van der Waals surface area contributed by atoms with Gasteiger partial charge in [-0.3, -0.25) is 0 Å². The average molecular weight is 315 g/mol. The molecule has 0 saturated heterocycles. The van der Waals surface area contributed by atoms with E-state index in [2.05, 4.69) is 79.0 Å². The quantitative estimate of drug-likeness (QED) is 0.604. The maximum atomic E-state index is 5.99. The summed E-state index contributed by atoms with van der Waals surface area (Å²) in [5, 5.41) is 2.48. The number of imidazole rings is 1. The van der Waals surface area contributed by atoms with Gasteiger partial charge in [0.15, 0.2) is 0 Å². The van der Waals surface area contributed by atoms with Crippen molar-refractivity contribution in [2.75, 3.05) is 6.54 Å². The van der Waals surface area contributed by atoms with Crippen LogP contribution in [0.25, 0.3) is 27.7 Å². The molecule has 2 N–H and O–H groups in total. The van der Waals surface area contributed by atoms with Crippen LogP contribution in [0.3, 0.4) is 0 Å². The second kappa shape index (κ2) is 5.77. The third-order valence-corrected chi connectivity index (χ3v) is 4.73. The summed E-state index contributed by atoms with van der Waals surface area (Å²) < 4.78 is 2.19. The molecule has 1 unspecified atom stereocenters. The van der Waals surface area contributed by atoms with Crippen molar-refractivity contribution in [3.8, 4) is 11.3 Å². The van der Waals surface area contributed by atoms with Crippen molar-refractivity contribution in [3.05, 3.63) is 72.1 Å². The van der Waals surface area contributed by atoms with Crippen LogP contribution in [-0.2, 0) is 0 Å². The Morgan fingerprint density at radius 3 is 2.62 bits per heavy atom. The minimum atomic E-state index is 0.239. The van der Waals surface area contributed by atoms with Gasteiger partial charge in [0.2, 0.25) is 0 Å². The predicted molar refractivity (Wildman–Crippen MR) is 100 cm³/mol. The van der Waals surface area contributed by atoms with Crippen LogP contribution in [0, 0.1) is 6.92 Å². The molecule has 2 aromatic heterocycles. The lowest BCUT2D eigenvalue weighted by Crippen LogP contribution is -2.12. The average Bonchev–Trinajstić information content (AvgIpc) is 3.01. The Morgan fingerprint density at radius 1 is 1.04 bits per heavy atom. The second-order valence-corrected chi connectivity index (χ2v) is 6.43. The summed E-state index contributed by atoms with van der Waals surface area (Å²) >= 11 is 0. The smallest absolute Gasteiger partial charge is 0.140 e. The Morgan fingerprint density at radius 2 is 1.83 bits per heavy atom. The highest BCUT2D eigenvalue weighted by atomic mass is 15.0. The minimum absolute atomic E-state index is 0.239. The van der Waals surface area contributed by atoms with Gasteiger partial charge in [0, 0.05) is 24.2 Å². The molecule has 2 heterocycles. The van der Waals surface area contributed by atoms with Crippen molar-refractivity contribution >= 4 is 16.4 Å². The largest absolute Gasteiger partial charge is 0.330 e. The van der Waals surface area contributed by atoms with E-state index in [9.17, 15) is 0 Å². The van der Waals surface area contributed by atoms with Gasteiger partial charge in [-0.2, -0.15) is 0 Å². The van der Waals surface area contributed by atoms with E-state index in [-0.39, 0.29) is 5.92 Å². The van der Waals surface area contributed by atoms with Crippen LogP contribution in [0.15, 0.2) is 60.8 Å². The monoisotopic (exact) mass is 315 g/mol. The molecule has 0 aliphatic carbocycles. The second-order valence-electron chi connectivity index (χ2n) is 6.43. The summed E-state index contributed by atoms with van der Waals surface area (Å²) in [5.74, 6) is 0.239. The lowest BCUT2D eigenvalue weighted by molar-refractivity contribution is 0.738. The molecule has 0 saturated carbocycles. The van der Waals surface area contributed by atoms with Gasteiger partial charge >= 0.3 is 0 Å². The van der Waals surface area contributed by atoms with Crippen molar-refractivity contribution in [2.45, 2.75) is 19.8 Å². The maximum absolute atomic E-state index is 5.99. The van der Waals surface area contributed by atoms with Gasteiger partial charge in [-0.1, -0.05) is 49.4 Å². The lowest BCUT2D eigenvalue weighted by atomic mass is 9.99. The van der Waals surface area contributed by atoms with E-state index in [1.807, 2.05) is 0 Å². The number of fused-ring (bicyclic) bond motifs is 2. The molecule has 24 heavy (non-hydrogen) atoms. The van der Waals surface area contributed by atoms with Crippen LogP contribution < -0.4 is 5.73 Å².